The van der Waals surface area contributed by atoms with E-state index in [4.69, 9.17) is 4.74 Å². The Morgan fingerprint density at radius 3 is 2.68 bits per heavy atom. The van der Waals surface area contributed by atoms with Crippen molar-refractivity contribution in [1.82, 2.24) is 9.97 Å². The van der Waals surface area contributed by atoms with Crippen LogP contribution in [0.15, 0.2) is 48.8 Å². The third-order valence-corrected chi connectivity index (χ3v) is 3.11. The van der Waals surface area contributed by atoms with Crippen LogP contribution in [0.5, 0.6) is 5.75 Å². The Morgan fingerprint density at radius 1 is 0.947 bits per heavy atom. The lowest BCUT2D eigenvalue weighted by atomic mass is 10.0. The zero-order chi connectivity index (χ0) is 13.2. The minimum atomic E-state index is 0.764. The molecule has 1 aromatic carbocycles. The second-order valence-electron chi connectivity index (χ2n) is 4.47. The number of fused-ring (bicyclic) bond motifs is 1. The van der Waals surface area contributed by atoms with Crippen LogP contribution in [0, 0.1) is 6.92 Å². The second kappa shape index (κ2) is 4.69. The van der Waals surface area contributed by atoms with Gasteiger partial charge in [0.1, 0.15) is 5.75 Å². The first kappa shape index (κ1) is 11.7. The third-order valence-electron chi connectivity index (χ3n) is 3.11. The molecule has 0 unspecified atom stereocenters. The standard InChI is InChI=1S/C16H14N2O/c1-11-3-4-13-7-12(5-6-16(13)18-11)14-8-15(19-2)10-17-9-14/h3-10H,1-2H3. The summed E-state index contributed by atoms with van der Waals surface area (Å²) in [5, 5.41) is 1.13. The largest absolute Gasteiger partial charge is 0.495 e. The number of ether oxygens (including phenoxy) is 1. The van der Waals surface area contributed by atoms with Gasteiger partial charge in [-0.2, -0.15) is 0 Å². The predicted octanol–water partition coefficient (Wildman–Crippen LogP) is 3.61. The summed E-state index contributed by atoms with van der Waals surface area (Å²) in [6.45, 7) is 2.00. The number of rotatable bonds is 2. The molecule has 3 nitrogen and oxygen atoms in total. The molecule has 0 N–H and O–H groups in total. The SMILES string of the molecule is COc1cncc(-c2ccc3nc(C)ccc3c2)c1. The summed E-state index contributed by atoms with van der Waals surface area (Å²) in [5.41, 5.74) is 4.20. The molecule has 94 valence electrons. The first-order valence-electron chi connectivity index (χ1n) is 6.13. The Hall–Kier alpha value is -2.42. The number of pyridine rings is 2. The molecule has 0 atom stereocenters. The molecule has 0 aliphatic carbocycles. The first-order valence-corrected chi connectivity index (χ1v) is 6.13. The van der Waals surface area contributed by atoms with E-state index in [0.29, 0.717) is 0 Å². The van der Waals surface area contributed by atoms with Crippen LogP contribution in [-0.2, 0) is 0 Å². The van der Waals surface area contributed by atoms with Crippen LogP contribution in [0.2, 0.25) is 0 Å². The lowest BCUT2D eigenvalue weighted by Crippen LogP contribution is -1.87. The van der Waals surface area contributed by atoms with E-state index < -0.39 is 0 Å². The Balaban J connectivity index is 2.12. The topological polar surface area (TPSA) is 35.0 Å². The van der Waals surface area contributed by atoms with Crippen LogP contribution in [-0.4, -0.2) is 17.1 Å². The van der Waals surface area contributed by atoms with Crippen molar-refractivity contribution >= 4 is 10.9 Å². The Bertz CT molecular complexity index is 738. The fraction of sp³-hybridized carbons (Fsp3) is 0.125. The highest BCUT2D eigenvalue weighted by atomic mass is 16.5. The maximum atomic E-state index is 5.20. The van der Waals surface area contributed by atoms with Crippen LogP contribution in [0.1, 0.15) is 5.69 Å². The molecule has 0 saturated heterocycles. The van der Waals surface area contributed by atoms with Crippen molar-refractivity contribution in [3.63, 3.8) is 0 Å². The molecule has 0 aliphatic rings. The molecular weight excluding hydrogens is 236 g/mol. The van der Waals surface area contributed by atoms with Gasteiger partial charge in [-0.1, -0.05) is 12.1 Å². The summed E-state index contributed by atoms with van der Waals surface area (Å²) in [6, 6.07) is 12.3. The van der Waals surface area contributed by atoms with Crippen molar-refractivity contribution in [3.05, 3.63) is 54.5 Å². The molecule has 3 rings (SSSR count). The lowest BCUT2D eigenvalue weighted by molar-refractivity contribution is 0.413. The van der Waals surface area contributed by atoms with Crippen LogP contribution in [0.3, 0.4) is 0 Å². The van der Waals surface area contributed by atoms with E-state index >= 15 is 0 Å². The Labute approximate surface area is 111 Å². The van der Waals surface area contributed by atoms with Crippen molar-refractivity contribution in [3.8, 4) is 16.9 Å². The fourth-order valence-electron chi connectivity index (χ4n) is 2.10. The average molecular weight is 250 g/mol. The monoisotopic (exact) mass is 250 g/mol. The van der Waals surface area contributed by atoms with E-state index in [0.717, 1.165) is 33.5 Å². The third kappa shape index (κ3) is 2.27. The fourth-order valence-corrected chi connectivity index (χ4v) is 2.10. The zero-order valence-electron chi connectivity index (χ0n) is 10.9. The molecule has 2 aromatic heterocycles. The van der Waals surface area contributed by atoms with E-state index in [9.17, 15) is 0 Å². The van der Waals surface area contributed by atoms with Crippen molar-refractivity contribution in [2.45, 2.75) is 6.92 Å². The summed E-state index contributed by atoms with van der Waals surface area (Å²) in [6.07, 6.45) is 3.54. The van der Waals surface area contributed by atoms with Crippen LogP contribution >= 0.6 is 0 Å². The van der Waals surface area contributed by atoms with E-state index in [1.165, 1.54) is 0 Å². The van der Waals surface area contributed by atoms with E-state index in [1.807, 2.05) is 31.3 Å². The molecule has 0 spiro atoms. The van der Waals surface area contributed by atoms with Gasteiger partial charge >= 0.3 is 0 Å². The Kier molecular flexibility index (Phi) is 2.88. The van der Waals surface area contributed by atoms with Crippen LogP contribution in [0.4, 0.5) is 0 Å². The second-order valence-corrected chi connectivity index (χ2v) is 4.47. The molecule has 0 radical (unpaired) electrons. The van der Waals surface area contributed by atoms with Crippen molar-refractivity contribution < 1.29 is 4.74 Å². The van der Waals surface area contributed by atoms with Gasteiger partial charge in [0.25, 0.3) is 0 Å². The van der Waals surface area contributed by atoms with Gasteiger partial charge in [0.05, 0.1) is 18.8 Å². The number of aromatic nitrogens is 2. The van der Waals surface area contributed by atoms with E-state index in [-0.39, 0.29) is 0 Å². The van der Waals surface area contributed by atoms with Crippen LogP contribution < -0.4 is 4.74 Å². The van der Waals surface area contributed by atoms with Gasteiger partial charge < -0.3 is 4.74 Å². The van der Waals surface area contributed by atoms with Gasteiger partial charge in [0, 0.05) is 22.8 Å². The lowest BCUT2D eigenvalue weighted by Gasteiger charge is -2.06. The van der Waals surface area contributed by atoms with Crippen molar-refractivity contribution in [2.24, 2.45) is 0 Å². The summed E-state index contributed by atoms with van der Waals surface area (Å²) < 4.78 is 5.20. The Morgan fingerprint density at radius 2 is 1.84 bits per heavy atom. The molecular formula is C16H14N2O. The molecule has 19 heavy (non-hydrogen) atoms. The van der Waals surface area contributed by atoms with Crippen molar-refractivity contribution in [2.75, 3.05) is 7.11 Å². The smallest absolute Gasteiger partial charge is 0.137 e. The maximum absolute atomic E-state index is 5.20. The summed E-state index contributed by atoms with van der Waals surface area (Å²) >= 11 is 0. The minimum absolute atomic E-state index is 0.764. The molecule has 0 amide bonds. The van der Waals surface area contributed by atoms with Crippen molar-refractivity contribution in [1.29, 1.82) is 0 Å². The molecule has 3 aromatic rings. The molecule has 0 aliphatic heterocycles. The highest BCUT2D eigenvalue weighted by Gasteiger charge is 2.03. The molecule has 0 saturated carbocycles. The van der Waals surface area contributed by atoms with Gasteiger partial charge in [0.15, 0.2) is 0 Å². The van der Waals surface area contributed by atoms with E-state index in [2.05, 4.69) is 28.2 Å². The van der Waals surface area contributed by atoms with Gasteiger partial charge in [-0.05, 0) is 36.8 Å². The molecule has 2 heterocycles. The first-order chi connectivity index (χ1) is 9.26. The van der Waals surface area contributed by atoms with Crippen LogP contribution in [0.25, 0.3) is 22.0 Å². The maximum Gasteiger partial charge on any atom is 0.137 e. The van der Waals surface area contributed by atoms with Gasteiger partial charge in [-0.3, -0.25) is 9.97 Å². The zero-order valence-corrected chi connectivity index (χ0v) is 10.9. The van der Waals surface area contributed by atoms with Gasteiger partial charge in [-0.25, -0.2) is 0 Å². The van der Waals surface area contributed by atoms with Gasteiger partial charge in [-0.15, -0.1) is 0 Å². The number of hydrogen-bond donors (Lipinski definition) is 0. The highest BCUT2D eigenvalue weighted by molar-refractivity contribution is 5.84. The summed E-state index contributed by atoms with van der Waals surface area (Å²) in [4.78, 5) is 8.69. The predicted molar refractivity (Wildman–Crippen MR) is 76.3 cm³/mol. The number of nitrogens with zero attached hydrogens (tertiary/aromatic N) is 2. The normalized spacial score (nSPS) is 10.6. The van der Waals surface area contributed by atoms with Gasteiger partial charge in [0.2, 0.25) is 0 Å². The number of benzene rings is 1. The molecule has 3 heteroatoms. The molecule has 0 fully saturated rings. The van der Waals surface area contributed by atoms with E-state index in [1.54, 1.807) is 13.3 Å². The summed E-state index contributed by atoms with van der Waals surface area (Å²) in [7, 11) is 1.65. The quantitative estimate of drug-likeness (QED) is 0.696. The highest BCUT2D eigenvalue weighted by Crippen LogP contribution is 2.25. The number of methoxy groups -OCH3 is 1. The minimum Gasteiger partial charge on any atom is -0.495 e. The molecule has 0 bridgehead atoms. The number of aryl methyl sites for hydroxylation is 1. The summed E-state index contributed by atoms with van der Waals surface area (Å²) in [5.74, 6) is 0.764. The number of hydrogen-bond acceptors (Lipinski definition) is 3. The average Bonchev–Trinajstić information content (AvgIpc) is 2.46.